The Balaban J connectivity index is 2.18. The van der Waals surface area contributed by atoms with Crippen molar-refractivity contribution in [3.05, 3.63) is 47.5 Å². The van der Waals surface area contributed by atoms with Crippen molar-refractivity contribution in [3.8, 4) is 23.0 Å². The lowest BCUT2D eigenvalue weighted by Crippen LogP contribution is -2.23. The molecule has 6 heteroatoms. The first kappa shape index (κ1) is 17.5. The molecule has 0 saturated heterocycles. The van der Waals surface area contributed by atoms with E-state index in [4.69, 9.17) is 18.9 Å². The minimum Gasteiger partial charge on any atom is -0.496 e. The summed E-state index contributed by atoms with van der Waals surface area (Å²) < 4.78 is 21.1. The van der Waals surface area contributed by atoms with Crippen molar-refractivity contribution in [2.75, 3.05) is 28.4 Å². The number of carbonyl (C=O) groups excluding carboxylic acids is 1. The highest BCUT2D eigenvalue weighted by Gasteiger charge is 2.15. The number of methoxy groups -OCH3 is 4. The van der Waals surface area contributed by atoms with E-state index < -0.39 is 0 Å². The summed E-state index contributed by atoms with van der Waals surface area (Å²) in [4.78, 5) is 12.4. The lowest BCUT2D eigenvalue weighted by molar-refractivity contribution is 0.0948. The number of amides is 1. The fourth-order valence-electron chi connectivity index (χ4n) is 2.35. The molecule has 0 aromatic heterocycles. The minimum absolute atomic E-state index is 0.221. The number of nitrogens with one attached hydrogen (secondary N) is 1. The molecular formula is C18H21NO5. The number of rotatable bonds is 7. The monoisotopic (exact) mass is 331 g/mol. The second-order valence-corrected chi connectivity index (χ2v) is 4.92. The molecule has 0 aliphatic heterocycles. The fourth-order valence-corrected chi connectivity index (χ4v) is 2.35. The number of carbonyl (C=O) groups is 1. The van der Waals surface area contributed by atoms with Crippen molar-refractivity contribution in [1.82, 2.24) is 5.32 Å². The highest BCUT2D eigenvalue weighted by atomic mass is 16.5. The van der Waals surface area contributed by atoms with Crippen molar-refractivity contribution >= 4 is 5.91 Å². The molecule has 0 bridgehead atoms. The Morgan fingerprint density at radius 2 is 1.46 bits per heavy atom. The van der Waals surface area contributed by atoms with Gasteiger partial charge < -0.3 is 24.3 Å². The number of hydrogen-bond acceptors (Lipinski definition) is 5. The van der Waals surface area contributed by atoms with E-state index in [9.17, 15) is 4.79 Å². The molecule has 2 rings (SSSR count). The van der Waals surface area contributed by atoms with Gasteiger partial charge in [-0.15, -0.1) is 0 Å². The molecule has 6 nitrogen and oxygen atoms in total. The first-order valence-electron chi connectivity index (χ1n) is 7.34. The Kier molecular flexibility index (Phi) is 5.89. The lowest BCUT2D eigenvalue weighted by Gasteiger charge is -2.15. The average Bonchev–Trinajstić information content (AvgIpc) is 2.64. The molecule has 1 N–H and O–H groups in total. The fraction of sp³-hybridized carbons (Fsp3) is 0.278. The zero-order chi connectivity index (χ0) is 17.5. The molecule has 0 aliphatic carbocycles. The van der Waals surface area contributed by atoms with Crippen molar-refractivity contribution < 1.29 is 23.7 Å². The van der Waals surface area contributed by atoms with Gasteiger partial charge in [0.15, 0.2) is 11.5 Å². The standard InChI is InChI=1S/C18H21NO5/c1-21-14-8-6-5-7-13(14)18(20)19-11-12-9-15(22-2)17(24-4)16(10-12)23-3/h5-10H,11H2,1-4H3,(H,19,20). The molecule has 0 heterocycles. The summed E-state index contributed by atoms with van der Waals surface area (Å²) in [5.74, 6) is 1.90. The molecule has 0 radical (unpaired) electrons. The van der Waals surface area contributed by atoms with Gasteiger partial charge in [0.25, 0.3) is 5.91 Å². The van der Waals surface area contributed by atoms with Gasteiger partial charge in [-0.2, -0.15) is 0 Å². The lowest BCUT2D eigenvalue weighted by atomic mass is 10.1. The van der Waals surface area contributed by atoms with E-state index in [-0.39, 0.29) is 5.91 Å². The molecule has 0 unspecified atom stereocenters. The van der Waals surface area contributed by atoms with Gasteiger partial charge in [-0.05, 0) is 29.8 Å². The smallest absolute Gasteiger partial charge is 0.255 e. The molecule has 1 amide bonds. The van der Waals surface area contributed by atoms with Crippen LogP contribution in [-0.2, 0) is 6.54 Å². The number of hydrogen-bond donors (Lipinski definition) is 1. The SMILES string of the molecule is COc1ccccc1C(=O)NCc1cc(OC)c(OC)c(OC)c1. The molecule has 0 aliphatic rings. The third-order valence-corrected chi connectivity index (χ3v) is 3.53. The van der Waals surface area contributed by atoms with E-state index in [0.29, 0.717) is 35.1 Å². The Morgan fingerprint density at radius 1 is 0.875 bits per heavy atom. The molecule has 128 valence electrons. The summed E-state index contributed by atoms with van der Waals surface area (Å²) in [7, 11) is 6.18. The molecule has 24 heavy (non-hydrogen) atoms. The molecule has 0 spiro atoms. The molecule has 0 saturated carbocycles. The van der Waals surface area contributed by atoms with Crippen molar-refractivity contribution in [1.29, 1.82) is 0 Å². The van der Waals surface area contributed by atoms with E-state index in [0.717, 1.165) is 5.56 Å². The quantitative estimate of drug-likeness (QED) is 0.845. The summed E-state index contributed by atoms with van der Waals surface area (Å²) in [6, 6.07) is 10.6. The van der Waals surface area contributed by atoms with Gasteiger partial charge in [-0.1, -0.05) is 12.1 Å². The van der Waals surface area contributed by atoms with Crippen molar-refractivity contribution in [2.24, 2.45) is 0 Å². The van der Waals surface area contributed by atoms with Gasteiger partial charge in [0.1, 0.15) is 5.75 Å². The maximum absolute atomic E-state index is 12.4. The van der Waals surface area contributed by atoms with Crippen LogP contribution in [0.1, 0.15) is 15.9 Å². The van der Waals surface area contributed by atoms with Gasteiger partial charge in [-0.25, -0.2) is 0 Å². The van der Waals surface area contributed by atoms with Crippen molar-refractivity contribution in [3.63, 3.8) is 0 Å². The second kappa shape index (κ2) is 8.10. The summed E-state index contributed by atoms with van der Waals surface area (Å²) in [5.41, 5.74) is 1.31. The van der Waals surface area contributed by atoms with Crippen LogP contribution in [0.4, 0.5) is 0 Å². The van der Waals surface area contributed by atoms with Crippen LogP contribution in [0.5, 0.6) is 23.0 Å². The maximum atomic E-state index is 12.4. The van der Waals surface area contributed by atoms with Crippen LogP contribution in [0.15, 0.2) is 36.4 Å². The number of para-hydroxylation sites is 1. The van der Waals surface area contributed by atoms with E-state index in [1.807, 2.05) is 6.07 Å². The van der Waals surface area contributed by atoms with Gasteiger partial charge in [-0.3, -0.25) is 4.79 Å². The summed E-state index contributed by atoms with van der Waals surface area (Å²) in [6.45, 7) is 0.313. The predicted molar refractivity (Wildman–Crippen MR) is 90.3 cm³/mol. The van der Waals surface area contributed by atoms with Gasteiger partial charge >= 0.3 is 0 Å². The van der Waals surface area contributed by atoms with Crippen LogP contribution in [-0.4, -0.2) is 34.3 Å². The van der Waals surface area contributed by atoms with Crippen molar-refractivity contribution in [2.45, 2.75) is 6.54 Å². The minimum atomic E-state index is -0.221. The summed E-state index contributed by atoms with van der Waals surface area (Å²) >= 11 is 0. The first-order chi connectivity index (χ1) is 11.6. The van der Waals surface area contributed by atoms with E-state index in [2.05, 4.69) is 5.32 Å². The third kappa shape index (κ3) is 3.71. The van der Waals surface area contributed by atoms with E-state index >= 15 is 0 Å². The third-order valence-electron chi connectivity index (χ3n) is 3.53. The van der Waals surface area contributed by atoms with E-state index in [1.54, 1.807) is 51.7 Å². The molecule has 2 aromatic rings. The Hall–Kier alpha value is -2.89. The highest BCUT2D eigenvalue weighted by Crippen LogP contribution is 2.38. The molecule has 0 fully saturated rings. The Morgan fingerprint density at radius 3 is 2.00 bits per heavy atom. The normalized spacial score (nSPS) is 10.0. The predicted octanol–water partition coefficient (Wildman–Crippen LogP) is 2.65. The van der Waals surface area contributed by atoms with Crippen LogP contribution in [0.3, 0.4) is 0 Å². The topological polar surface area (TPSA) is 66.0 Å². The molecule has 2 aromatic carbocycles. The first-order valence-corrected chi connectivity index (χ1v) is 7.34. The summed E-state index contributed by atoms with van der Waals surface area (Å²) in [5, 5.41) is 2.86. The van der Waals surface area contributed by atoms with Crippen LogP contribution < -0.4 is 24.3 Å². The number of ether oxygens (including phenoxy) is 4. The Bertz CT molecular complexity index is 689. The zero-order valence-electron chi connectivity index (χ0n) is 14.2. The molecular weight excluding hydrogens is 310 g/mol. The summed E-state index contributed by atoms with van der Waals surface area (Å²) in [6.07, 6.45) is 0. The Labute approximate surface area is 141 Å². The van der Waals surface area contributed by atoms with Gasteiger partial charge in [0.2, 0.25) is 5.75 Å². The van der Waals surface area contributed by atoms with Gasteiger partial charge in [0.05, 0.1) is 34.0 Å². The average molecular weight is 331 g/mol. The van der Waals surface area contributed by atoms with E-state index in [1.165, 1.54) is 7.11 Å². The zero-order valence-corrected chi connectivity index (χ0v) is 14.2. The van der Waals surface area contributed by atoms with Gasteiger partial charge in [0, 0.05) is 6.54 Å². The molecule has 0 atom stereocenters. The second-order valence-electron chi connectivity index (χ2n) is 4.92. The largest absolute Gasteiger partial charge is 0.496 e. The van der Waals surface area contributed by atoms with Crippen LogP contribution in [0.2, 0.25) is 0 Å². The van der Waals surface area contributed by atoms with Crippen LogP contribution in [0, 0.1) is 0 Å². The van der Waals surface area contributed by atoms with Crippen LogP contribution >= 0.6 is 0 Å². The maximum Gasteiger partial charge on any atom is 0.255 e. The van der Waals surface area contributed by atoms with Crippen LogP contribution in [0.25, 0.3) is 0 Å². The highest BCUT2D eigenvalue weighted by molar-refractivity contribution is 5.96. The number of benzene rings is 2.